The molecule has 18 heavy (non-hydrogen) atoms. The van der Waals surface area contributed by atoms with Gasteiger partial charge in [-0.05, 0) is 30.8 Å². The van der Waals surface area contributed by atoms with Crippen molar-refractivity contribution >= 4 is 11.3 Å². The van der Waals surface area contributed by atoms with Gasteiger partial charge < -0.3 is 4.74 Å². The predicted octanol–water partition coefficient (Wildman–Crippen LogP) is 3.17. The zero-order valence-corrected chi connectivity index (χ0v) is 11.6. The van der Waals surface area contributed by atoms with E-state index in [0.717, 1.165) is 30.4 Å². The molecule has 0 unspecified atom stereocenters. The average Bonchev–Trinajstić information content (AvgIpc) is 2.87. The highest BCUT2D eigenvalue weighted by Gasteiger charge is 2.07. The van der Waals surface area contributed by atoms with Crippen LogP contribution in [0.15, 0.2) is 36.5 Å². The molecule has 2 aromatic heterocycles. The van der Waals surface area contributed by atoms with Crippen LogP contribution in [0.3, 0.4) is 0 Å². The number of hydrogen-bond acceptors (Lipinski definition) is 4. The van der Waals surface area contributed by atoms with Gasteiger partial charge in [0.15, 0.2) is 5.06 Å². The highest BCUT2D eigenvalue weighted by Crippen LogP contribution is 2.25. The van der Waals surface area contributed by atoms with Crippen molar-refractivity contribution < 1.29 is 4.74 Å². The fourth-order valence-corrected chi connectivity index (χ4v) is 2.63. The summed E-state index contributed by atoms with van der Waals surface area (Å²) in [5.41, 5.74) is 1.11. The zero-order chi connectivity index (χ0) is 12.8. The monoisotopic (exact) mass is 262 g/mol. The Balaban J connectivity index is 1.97. The summed E-state index contributed by atoms with van der Waals surface area (Å²) in [5.74, 6) is 0. The fraction of sp³-hybridized carbons (Fsp3) is 0.357. The number of methoxy groups -OCH3 is 1. The summed E-state index contributed by atoms with van der Waals surface area (Å²) in [6, 6.07) is 10.2. The molecule has 4 heteroatoms. The van der Waals surface area contributed by atoms with Crippen molar-refractivity contribution in [2.24, 2.45) is 0 Å². The summed E-state index contributed by atoms with van der Waals surface area (Å²) < 4.78 is 5.22. The fourth-order valence-electron chi connectivity index (χ4n) is 1.77. The van der Waals surface area contributed by atoms with E-state index in [2.05, 4.69) is 28.9 Å². The van der Waals surface area contributed by atoms with Gasteiger partial charge >= 0.3 is 0 Å². The minimum absolute atomic E-state index is 0.886. The summed E-state index contributed by atoms with van der Waals surface area (Å²) in [6.07, 6.45) is 1.84. The lowest BCUT2D eigenvalue weighted by atomic mass is 10.3. The number of pyridine rings is 1. The first kappa shape index (κ1) is 13.1. The number of rotatable bonds is 6. The van der Waals surface area contributed by atoms with Gasteiger partial charge in [-0.1, -0.05) is 13.0 Å². The van der Waals surface area contributed by atoms with E-state index in [1.807, 2.05) is 24.4 Å². The topological polar surface area (TPSA) is 25.4 Å². The van der Waals surface area contributed by atoms with E-state index in [1.165, 1.54) is 4.88 Å². The number of thiophene rings is 1. The molecule has 0 aliphatic carbocycles. The lowest BCUT2D eigenvalue weighted by Crippen LogP contribution is -2.22. The zero-order valence-electron chi connectivity index (χ0n) is 10.8. The van der Waals surface area contributed by atoms with Gasteiger partial charge in [-0.2, -0.15) is 0 Å². The van der Waals surface area contributed by atoms with Crippen LogP contribution in [0.25, 0.3) is 0 Å². The van der Waals surface area contributed by atoms with E-state index < -0.39 is 0 Å². The largest absolute Gasteiger partial charge is 0.487 e. The van der Waals surface area contributed by atoms with E-state index in [1.54, 1.807) is 18.4 Å². The summed E-state index contributed by atoms with van der Waals surface area (Å²) in [6.45, 7) is 5.02. The van der Waals surface area contributed by atoms with Crippen molar-refractivity contribution in [2.75, 3.05) is 13.7 Å². The Morgan fingerprint density at radius 3 is 2.72 bits per heavy atom. The van der Waals surface area contributed by atoms with Gasteiger partial charge in [0, 0.05) is 24.2 Å². The van der Waals surface area contributed by atoms with Gasteiger partial charge in [0.25, 0.3) is 0 Å². The van der Waals surface area contributed by atoms with Crippen molar-refractivity contribution in [2.45, 2.75) is 20.0 Å². The van der Waals surface area contributed by atoms with Crippen LogP contribution in [0.2, 0.25) is 0 Å². The molecule has 0 fully saturated rings. The molecule has 0 N–H and O–H groups in total. The lowest BCUT2D eigenvalue weighted by molar-refractivity contribution is 0.270. The molecular formula is C14H18N2OS. The molecule has 0 aliphatic heterocycles. The Kier molecular flexibility index (Phi) is 4.73. The van der Waals surface area contributed by atoms with Gasteiger partial charge in [0.2, 0.25) is 0 Å². The van der Waals surface area contributed by atoms with Crippen molar-refractivity contribution in [1.82, 2.24) is 9.88 Å². The average molecular weight is 262 g/mol. The molecule has 0 radical (unpaired) electrons. The number of nitrogens with zero attached hydrogens (tertiary/aromatic N) is 2. The van der Waals surface area contributed by atoms with Crippen LogP contribution in [0, 0.1) is 0 Å². The maximum Gasteiger partial charge on any atom is 0.173 e. The molecule has 0 spiro atoms. The Morgan fingerprint density at radius 1 is 1.22 bits per heavy atom. The molecule has 0 bridgehead atoms. The minimum atomic E-state index is 0.886. The summed E-state index contributed by atoms with van der Waals surface area (Å²) >= 11 is 1.70. The van der Waals surface area contributed by atoms with Crippen molar-refractivity contribution in [3.63, 3.8) is 0 Å². The van der Waals surface area contributed by atoms with Crippen LogP contribution in [0.1, 0.15) is 17.5 Å². The molecular weight excluding hydrogens is 244 g/mol. The van der Waals surface area contributed by atoms with Gasteiger partial charge in [0.1, 0.15) is 0 Å². The van der Waals surface area contributed by atoms with Gasteiger partial charge in [-0.15, -0.1) is 11.3 Å². The van der Waals surface area contributed by atoms with Gasteiger partial charge in [-0.3, -0.25) is 9.88 Å². The second-order valence-corrected chi connectivity index (χ2v) is 5.18. The number of ether oxygens (including phenoxy) is 1. The van der Waals surface area contributed by atoms with E-state index in [0.29, 0.717) is 0 Å². The van der Waals surface area contributed by atoms with Crippen molar-refractivity contribution in [3.05, 3.63) is 47.1 Å². The maximum absolute atomic E-state index is 5.22. The summed E-state index contributed by atoms with van der Waals surface area (Å²) in [4.78, 5) is 8.06. The molecule has 0 aliphatic rings. The van der Waals surface area contributed by atoms with Gasteiger partial charge in [-0.25, -0.2) is 0 Å². The van der Waals surface area contributed by atoms with Crippen molar-refractivity contribution in [1.29, 1.82) is 0 Å². The Labute approximate surface area is 112 Å². The molecule has 2 rings (SSSR count). The van der Waals surface area contributed by atoms with Crippen LogP contribution in [-0.4, -0.2) is 23.5 Å². The molecule has 96 valence electrons. The maximum atomic E-state index is 5.22. The van der Waals surface area contributed by atoms with Crippen LogP contribution in [0.4, 0.5) is 0 Å². The standard InChI is InChI=1S/C14H18N2OS/c1-3-16(10-12-6-4-5-9-15-12)11-13-7-8-14(17-2)18-13/h4-9H,3,10-11H2,1-2H3. The van der Waals surface area contributed by atoms with Gasteiger partial charge in [0.05, 0.1) is 12.8 Å². The first-order valence-corrected chi connectivity index (χ1v) is 6.88. The summed E-state index contributed by atoms with van der Waals surface area (Å²) in [5, 5.41) is 0.971. The smallest absolute Gasteiger partial charge is 0.173 e. The molecule has 2 aromatic rings. The van der Waals surface area contributed by atoms with Crippen LogP contribution in [0.5, 0.6) is 5.06 Å². The van der Waals surface area contributed by atoms with Crippen molar-refractivity contribution in [3.8, 4) is 5.06 Å². The molecule has 0 atom stereocenters. The second-order valence-electron chi connectivity index (χ2n) is 4.05. The number of aromatic nitrogens is 1. The van der Waals surface area contributed by atoms with E-state index in [-0.39, 0.29) is 0 Å². The van der Waals surface area contributed by atoms with E-state index >= 15 is 0 Å². The minimum Gasteiger partial charge on any atom is -0.487 e. The molecule has 0 aromatic carbocycles. The molecule has 0 amide bonds. The normalized spacial score (nSPS) is 10.8. The first-order chi connectivity index (χ1) is 8.81. The van der Waals surface area contributed by atoms with Crippen LogP contribution >= 0.6 is 11.3 Å². The third-order valence-electron chi connectivity index (χ3n) is 2.78. The molecule has 0 saturated carbocycles. The SMILES string of the molecule is CCN(Cc1ccccn1)Cc1ccc(OC)s1. The van der Waals surface area contributed by atoms with E-state index in [9.17, 15) is 0 Å². The predicted molar refractivity (Wildman–Crippen MR) is 74.9 cm³/mol. The molecule has 3 nitrogen and oxygen atoms in total. The lowest BCUT2D eigenvalue weighted by Gasteiger charge is -2.18. The Bertz CT molecular complexity index is 470. The Morgan fingerprint density at radius 2 is 2.11 bits per heavy atom. The first-order valence-electron chi connectivity index (χ1n) is 6.06. The highest BCUT2D eigenvalue weighted by atomic mass is 32.1. The molecule has 2 heterocycles. The number of hydrogen-bond donors (Lipinski definition) is 0. The summed E-state index contributed by atoms with van der Waals surface area (Å²) in [7, 11) is 1.71. The molecule has 0 saturated heterocycles. The van der Waals surface area contributed by atoms with E-state index in [4.69, 9.17) is 4.74 Å². The van der Waals surface area contributed by atoms with Crippen LogP contribution in [-0.2, 0) is 13.1 Å². The third-order valence-corrected chi connectivity index (χ3v) is 3.81. The highest BCUT2D eigenvalue weighted by molar-refractivity contribution is 7.13. The quantitative estimate of drug-likeness (QED) is 0.799. The Hall–Kier alpha value is -1.39. The third kappa shape index (κ3) is 3.55. The second kappa shape index (κ2) is 6.52. The van der Waals surface area contributed by atoms with Crippen LogP contribution < -0.4 is 4.74 Å².